The minimum atomic E-state index is -0.354. The van der Waals surface area contributed by atoms with Crippen molar-refractivity contribution in [2.75, 3.05) is 19.3 Å². The maximum absolute atomic E-state index is 13.9. The fraction of sp³-hybridized carbons (Fsp3) is 0.346. The molecule has 0 saturated carbocycles. The van der Waals surface area contributed by atoms with Gasteiger partial charge < -0.3 is 15.2 Å². The van der Waals surface area contributed by atoms with Gasteiger partial charge in [0.2, 0.25) is 5.95 Å². The second-order valence-electron chi connectivity index (χ2n) is 7.36. The van der Waals surface area contributed by atoms with Crippen LogP contribution < -0.4 is 5.73 Å². The minimum Gasteiger partial charge on any atom is -0.368 e. The standard InChI is InChI=1S/C20H22FN7O2.C2H6.2C2H2/c1-11-8-13(21)10-14-17(11)24-20(22)28-18(14)23-16(25-28)6-4-5-7-27(3)19(29)15-9-12(2)30-26-15;3*1-2/h8-10H,4-7H2,1-3H3,(H2,22,24);1-2H3;2*1-2H. The van der Waals surface area contributed by atoms with Crippen LogP contribution in [-0.2, 0) is 6.42 Å². The van der Waals surface area contributed by atoms with Crippen molar-refractivity contribution in [1.29, 1.82) is 0 Å². The number of nitrogens with two attached hydrogens (primary N) is 1. The zero-order chi connectivity index (χ0) is 27.4. The highest BCUT2D eigenvalue weighted by Gasteiger charge is 2.16. The van der Waals surface area contributed by atoms with Gasteiger partial charge in [-0.3, -0.25) is 4.79 Å². The Morgan fingerprint density at radius 1 is 1.11 bits per heavy atom. The van der Waals surface area contributed by atoms with E-state index in [1.54, 1.807) is 31.9 Å². The summed E-state index contributed by atoms with van der Waals surface area (Å²) in [4.78, 5) is 22.8. The molecule has 190 valence electrons. The summed E-state index contributed by atoms with van der Waals surface area (Å²) in [6.07, 6.45) is 18.1. The first-order chi connectivity index (χ1) is 17.3. The number of benzene rings is 1. The van der Waals surface area contributed by atoms with Crippen molar-refractivity contribution in [2.45, 2.75) is 47.0 Å². The molecular formula is C26H32FN7O2. The number of carbonyl (C=O) groups excluding carboxylic acids is 1. The number of halogens is 1. The Morgan fingerprint density at radius 2 is 1.78 bits per heavy atom. The monoisotopic (exact) mass is 493 g/mol. The van der Waals surface area contributed by atoms with Crippen LogP contribution in [0.2, 0.25) is 0 Å². The molecule has 0 radical (unpaired) electrons. The molecule has 0 aliphatic heterocycles. The molecule has 1 aromatic carbocycles. The van der Waals surface area contributed by atoms with Gasteiger partial charge in [-0.15, -0.1) is 30.8 Å². The van der Waals surface area contributed by atoms with E-state index in [0.717, 1.165) is 12.8 Å². The van der Waals surface area contributed by atoms with Gasteiger partial charge in [-0.1, -0.05) is 19.0 Å². The van der Waals surface area contributed by atoms with Crippen molar-refractivity contribution in [3.05, 3.63) is 46.9 Å². The summed E-state index contributed by atoms with van der Waals surface area (Å²) in [5, 5.41) is 8.74. The fourth-order valence-electron chi connectivity index (χ4n) is 3.41. The normalized spacial score (nSPS) is 9.83. The van der Waals surface area contributed by atoms with E-state index in [9.17, 15) is 9.18 Å². The molecule has 1 amide bonds. The van der Waals surface area contributed by atoms with Crippen molar-refractivity contribution in [2.24, 2.45) is 0 Å². The Labute approximate surface area is 210 Å². The third kappa shape index (κ3) is 6.80. The second-order valence-corrected chi connectivity index (χ2v) is 7.36. The van der Waals surface area contributed by atoms with Crippen LogP contribution in [0.15, 0.2) is 22.7 Å². The Hall–Kier alpha value is -4.44. The predicted molar refractivity (Wildman–Crippen MR) is 140 cm³/mol. The zero-order valence-electron chi connectivity index (χ0n) is 21.3. The van der Waals surface area contributed by atoms with E-state index < -0.39 is 0 Å². The van der Waals surface area contributed by atoms with Gasteiger partial charge in [-0.05, 0) is 44.4 Å². The minimum absolute atomic E-state index is 0.180. The number of unbranched alkanes of at least 4 members (excludes halogenated alkanes) is 1. The van der Waals surface area contributed by atoms with Crippen molar-refractivity contribution in [3.63, 3.8) is 0 Å². The number of aromatic nitrogens is 5. The lowest BCUT2D eigenvalue weighted by Gasteiger charge is -2.14. The topological polar surface area (TPSA) is 115 Å². The summed E-state index contributed by atoms with van der Waals surface area (Å²) in [6.45, 7) is 8.09. The van der Waals surface area contributed by atoms with Gasteiger partial charge in [0, 0.05) is 31.5 Å². The maximum Gasteiger partial charge on any atom is 0.275 e. The van der Waals surface area contributed by atoms with Crippen LogP contribution >= 0.6 is 0 Å². The maximum atomic E-state index is 13.9. The van der Waals surface area contributed by atoms with Crippen LogP contribution in [0, 0.1) is 45.4 Å². The van der Waals surface area contributed by atoms with Crippen LogP contribution in [0.3, 0.4) is 0 Å². The van der Waals surface area contributed by atoms with Crippen LogP contribution in [0.4, 0.5) is 10.3 Å². The predicted octanol–water partition coefficient (Wildman–Crippen LogP) is 4.22. The van der Waals surface area contributed by atoms with Gasteiger partial charge in [0.25, 0.3) is 5.91 Å². The van der Waals surface area contributed by atoms with Gasteiger partial charge in [0.05, 0.1) is 5.52 Å². The van der Waals surface area contributed by atoms with Gasteiger partial charge in [-0.2, -0.15) is 4.52 Å². The number of amides is 1. The van der Waals surface area contributed by atoms with E-state index in [1.165, 1.54) is 16.6 Å². The van der Waals surface area contributed by atoms with Crippen LogP contribution in [-0.4, -0.2) is 49.1 Å². The van der Waals surface area contributed by atoms with Crippen molar-refractivity contribution >= 4 is 28.4 Å². The molecule has 9 nitrogen and oxygen atoms in total. The molecule has 0 bridgehead atoms. The molecule has 0 atom stereocenters. The molecule has 0 aliphatic rings. The number of carbonyl (C=O) groups is 1. The zero-order valence-corrected chi connectivity index (χ0v) is 21.3. The number of terminal acetylenes is 2. The van der Waals surface area contributed by atoms with E-state index in [-0.39, 0.29) is 17.7 Å². The highest BCUT2D eigenvalue weighted by atomic mass is 19.1. The van der Waals surface area contributed by atoms with Gasteiger partial charge >= 0.3 is 0 Å². The summed E-state index contributed by atoms with van der Waals surface area (Å²) in [6, 6.07) is 4.43. The third-order valence-electron chi connectivity index (χ3n) is 4.94. The molecule has 2 N–H and O–H groups in total. The Kier molecular flexibility index (Phi) is 11.6. The van der Waals surface area contributed by atoms with E-state index in [1.807, 2.05) is 13.8 Å². The van der Waals surface area contributed by atoms with Crippen LogP contribution in [0.5, 0.6) is 0 Å². The Morgan fingerprint density at radius 3 is 2.39 bits per heavy atom. The second kappa shape index (κ2) is 14.1. The molecule has 0 saturated heterocycles. The average Bonchev–Trinajstić information content (AvgIpc) is 3.53. The molecule has 4 aromatic rings. The summed E-state index contributed by atoms with van der Waals surface area (Å²) >= 11 is 0. The quantitative estimate of drug-likeness (QED) is 0.316. The lowest BCUT2D eigenvalue weighted by atomic mass is 10.1. The molecule has 36 heavy (non-hydrogen) atoms. The number of rotatable bonds is 6. The van der Waals surface area contributed by atoms with Crippen LogP contribution in [0.25, 0.3) is 16.6 Å². The number of aryl methyl sites for hydroxylation is 3. The molecule has 10 heteroatoms. The Bertz CT molecular complexity index is 1330. The lowest BCUT2D eigenvalue weighted by Crippen LogP contribution is -2.28. The summed E-state index contributed by atoms with van der Waals surface area (Å²) < 4.78 is 20.3. The number of nitrogen functional groups attached to an aromatic ring is 1. The van der Waals surface area contributed by atoms with Crippen molar-refractivity contribution in [1.82, 2.24) is 29.6 Å². The van der Waals surface area contributed by atoms with Crippen molar-refractivity contribution in [3.8, 4) is 25.7 Å². The highest BCUT2D eigenvalue weighted by molar-refractivity contribution is 5.94. The summed E-state index contributed by atoms with van der Waals surface area (Å²) in [5.41, 5.74) is 8.12. The summed E-state index contributed by atoms with van der Waals surface area (Å²) in [5.74, 6) is 0.868. The number of anilines is 1. The Balaban J connectivity index is 0.00000101. The molecule has 3 heterocycles. The highest BCUT2D eigenvalue weighted by Crippen LogP contribution is 2.24. The van der Waals surface area contributed by atoms with E-state index in [4.69, 9.17) is 10.3 Å². The van der Waals surface area contributed by atoms with E-state index in [0.29, 0.717) is 52.4 Å². The first-order valence-electron chi connectivity index (χ1n) is 11.3. The fourth-order valence-corrected chi connectivity index (χ4v) is 3.41. The number of nitrogens with zero attached hydrogens (tertiary/aromatic N) is 6. The largest absolute Gasteiger partial charge is 0.368 e. The number of hydrogen-bond acceptors (Lipinski definition) is 7. The molecule has 0 spiro atoms. The van der Waals surface area contributed by atoms with Gasteiger partial charge in [0.15, 0.2) is 17.2 Å². The molecule has 3 aromatic heterocycles. The molecule has 0 aliphatic carbocycles. The van der Waals surface area contributed by atoms with Gasteiger partial charge in [0.1, 0.15) is 11.6 Å². The number of hydrogen-bond donors (Lipinski definition) is 1. The first-order valence-corrected chi connectivity index (χ1v) is 11.3. The third-order valence-corrected chi connectivity index (χ3v) is 4.94. The molecule has 4 rings (SSSR count). The van der Waals surface area contributed by atoms with Crippen molar-refractivity contribution < 1.29 is 13.7 Å². The smallest absolute Gasteiger partial charge is 0.275 e. The molecule has 0 unspecified atom stereocenters. The lowest BCUT2D eigenvalue weighted by molar-refractivity contribution is 0.0782. The van der Waals surface area contributed by atoms with E-state index >= 15 is 0 Å². The van der Waals surface area contributed by atoms with E-state index in [2.05, 4.69) is 45.9 Å². The summed E-state index contributed by atoms with van der Waals surface area (Å²) in [7, 11) is 1.73. The number of fused-ring (bicyclic) bond motifs is 3. The molecule has 0 fully saturated rings. The molecular weight excluding hydrogens is 461 g/mol. The SMILES string of the molecule is C#C.C#C.CC.Cc1cc(C(=O)N(C)CCCCc2nc3c4cc(F)cc(C)c4nc(N)n3n2)no1. The van der Waals surface area contributed by atoms with Gasteiger partial charge in [-0.25, -0.2) is 14.4 Å². The first kappa shape index (κ1) is 29.6. The van der Waals surface area contributed by atoms with Crippen LogP contribution in [0.1, 0.15) is 54.3 Å². The average molecular weight is 494 g/mol.